The number of rotatable bonds is 7. The van der Waals surface area contributed by atoms with Gasteiger partial charge in [0.2, 0.25) is 0 Å². The van der Waals surface area contributed by atoms with Gasteiger partial charge < -0.3 is 14.5 Å². The average molecular weight is 295 g/mol. The summed E-state index contributed by atoms with van der Waals surface area (Å²) in [7, 11) is 0. The molecule has 0 radical (unpaired) electrons. The molecule has 3 aromatic rings. The van der Waals surface area contributed by atoms with E-state index >= 15 is 0 Å². The first kappa shape index (κ1) is 14.2. The van der Waals surface area contributed by atoms with Gasteiger partial charge in [-0.2, -0.15) is 0 Å². The molecule has 0 amide bonds. The molecular weight excluding hydrogens is 278 g/mol. The van der Waals surface area contributed by atoms with E-state index in [0.717, 1.165) is 27.9 Å². The zero-order valence-electron chi connectivity index (χ0n) is 12.1. The van der Waals surface area contributed by atoms with Crippen molar-refractivity contribution in [3.8, 4) is 5.75 Å². The number of ether oxygens (including phenoxy) is 2. The quantitative estimate of drug-likeness (QED) is 0.536. The Morgan fingerprint density at radius 3 is 2.73 bits per heavy atom. The van der Waals surface area contributed by atoms with Crippen LogP contribution in [0.15, 0.2) is 54.6 Å². The van der Waals surface area contributed by atoms with Crippen molar-refractivity contribution >= 4 is 17.4 Å². The summed E-state index contributed by atoms with van der Waals surface area (Å²) in [5.74, 6) is 0.847. The highest BCUT2D eigenvalue weighted by molar-refractivity contribution is 5.86. The minimum Gasteiger partial charge on any atom is -0.488 e. The van der Waals surface area contributed by atoms with E-state index in [1.54, 1.807) is 0 Å². The maximum Gasteiger partial charge on any atom is 0.293 e. The van der Waals surface area contributed by atoms with Crippen molar-refractivity contribution in [2.75, 3.05) is 6.61 Å². The van der Waals surface area contributed by atoms with E-state index in [0.29, 0.717) is 26.1 Å². The third kappa shape index (κ3) is 3.28. The molecule has 0 bridgehead atoms. The molecule has 3 rings (SSSR count). The summed E-state index contributed by atoms with van der Waals surface area (Å²) in [4.78, 5) is 13.5. The second kappa shape index (κ2) is 6.80. The SMILES string of the molecule is O=COCCc1cc2c(OCc3ccccc3)cccc2[nH]1. The molecule has 0 aliphatic rings. The van der Waals surface area contributed by atoms with Crippen molar-refractivity contribution in [1.29, 1.82) is 0 Å². The Morgan fingerprint density at radius 1 is 1.05 bits per heavy atom. The highest BCUT2D eigenvalue weighted by Gasteiger charge is 2.07. The number of aromatic amines is 1. The first-order valence-corrected chi connectivity index (χ1v) is 7.19. The van der Waals surface area contributed by atoms with Gasteiger partial charge in [0, 0.05) is 23.0 Å². The number of carbonyl (C=O) groups is 1. The van der Waals surface area contributed by atoms with E-state index in [1.807, 2.05) is 54.6 Å². The normalized spacial score (nSPS) is 10.5. The van der Waals surface area contributed by atoms with Crippen LogP contribution in [-0.2, 0) is 22.6 Å². The zero-order valence-corrected chi connectivity index (χ0v) is 12.1. The number of nitrogens with one attached hydrogen (secondary N) is 1. The molecule has 1 heterocycles. The molecule has 0 unspecified atom stereocenters. The summed E-state index contributed by atoms with van der Waals surface area (Å²) in [6.45, 7) is 1.38. The Balaban J connectivity index is 1.76. The summed E-state index contributed by atoms with van der Waals surface area (Å²) >= 11 is 0. The number of H-pyrrole nitrogens is 1. The van der Waals surface area contributed by atoms with E-state index in [2.05, 4.69) is 4.98 Å². The first-order valence-electron chi connectivity index (χ1n) is 7.19. The van der Waals surface area contributed by atoms with Crippen LogP contribution in [-0.4, -0.2) is 18.1 Å². The van der Waals surface area contributed by atoms with Gasteiger partial charge in [0.25, 0.3) is 6.47 Å². The van der Waals surface area contributed by atoms with Gasteiger partial charge in [-0.25, -0.2) is 0 Å². The van der Waals surface area contributed by atoms with Crippen molar-refractivity contribution < 1.29 is 14.3 Å². The third-order valence-corrected chi connectivity index (χ3v) is 3.47. The van der Waals surface area contributed by atoms with Crippen molar-refractivity contribution in [3.63, 3.8) is 0 Å². The molecule has 0 saturated heterocycles. The number of benzene rings is 2. The lowest BCUT2D eigenvalue weighted by Crippen LogP contribution is -1.96. The molecule has 1 aromatic heterocycles. The monoisotopic (exact) mass is 295 g/mol. The summed E-state index contributed by atoms with van der Waals surface area (Å²) in [6, 6.07) is 18.1. The van der Waals surface area contributed by atoms with Gasteiger partial charge in [-0.1, -0.05) is 36.4 Å². The number of fused-ring (bicyclic) bond motifs is 1. The van der Waals surface area contributed by atoms with Gasteiger partial charge in [0.1, 0.15) is 12.4 Å². The lowest BCUT2D eigenvalue weighted by atomic mass is 10.2. The van der Waals surface area contributed by atoms with Crippen LogP contribution in [0.5, 0.6) is 5.75 Å². The number of carbonyl (C=O) groups excluding carboxylic acids is 1. The third-order valence-electron chi connectivity index (χ3n) is 3.47. The molecule has 0 aliphatic heterocycles. The maximum atomic E-state index is 10.2. The van der Waals surface area contributed by atoms with Gasteiger partial charge in [-0.15, -0.1) is 0 Å². The highest BCUT2D eigenvalue weighted by Crippen LogP contribution is 2.27. The highest BCUT2D eigenvalue weighted by atomic mass is 16.5. The van der Waals surface area contributed by atoms with Crippen LogP contribution in [0.1, 0.15) is 11.3 Å². The predicted molar refractivity (Wildman–Crippen MR) is 84.8 cm³/mol. The standard InChI is InChI=1S/C18H17NO3/c20-13-21-10-9-15-11-16-17(19-15)7-4-8-18(16)22-12-14-5-2-1-3-6-14/h1-8,11,13,19H,9-10,12H2. The molecule has 0 saturated carbocycles. The lowest BCUT2D eigenvalue weighted by molar-refractivity contribution is -0.128. The molecule has 2 aromatic carbocycles. The zero-order chi connectivity index (χ0) is 15.2. The van der Waals surface area contributed by atoms with Gasteiger partial charge in [0.15, 0.2) is 0 Å². The molecule has 22 heavy (non-hydrogen) atoms. The first-order chi connectivity index (χ1) is 10.9. The van der Waals surface area contributed by atoms with Crippen LogP contribution in [0, 0.1) is 0 Å². The van der Waals surface area contributed by atoms with Gasteiger partial charge in [0.05, 0.1) is 6.61 Å². The topological polar surface area (TPSA) is 51.3 Å². The average Bonchev–Trinajstić information content (AvgIpc) is 2.97. The summed E-state index contributed by atoms with van der Waals surface area (Å²) < 4.78 is 10.7. The van der Waals surface area contributed by atoms with E-state index in [-0.39, 0.29) is 0 Å². The maximum absolute atomic E-state index is 10.2. The van der Waals surface area contributed by atoms with Crippen LogP contribution in [0.25, 0.3) is 10.9 Å². The van der Waals surface area contributed by atoms with Crippen molar-refractivity contribution in [1.82, 2.24) is 4.98 Å². The van der Waals surface area contributed by atoms with Crippen LogP contribution >= 0.6 is 0 Å². The minimum atomic E-state index is 0.372. The van der Waals surface area contributed by atoms with Crippen LogP contribution in [0.3, 0.4) is 0 Å². The molecule has 0 atom stereocenters. The summed E-state index contributed by atoms with van der Waals surface area (Å²) in [5, 5.41) is 1.04. The van der Waals surface area contributed by atoms with Gasteiger partial charge in [-0.3, -0.25) is 4.79 Å². The van der Waals surface area contributed by atoms with Crippen LogP contribution in [0.2, 0.25) is 0 Å². The van der Waals surface area contributed by atoms with E-state index in [1.165, 1.54) is 0 Å². The second-order valence-corrected chi connectivity index (χ2v) is 5.00. The smallest absolute Gasteiger partial charge is 0.293 e. The Kier molecular flexibility index (Phi) is 4.39. The Hall–Kier alpha value is -2.75. The Morgan fingerprint density at radius 2 is 1.91 bits per heavy atom. The number of aromatic nitrogens is 1. The molecule has 4 heteroatoms. The van der Waals surface area contributed by atoms with E-state index in [9.17, 15) is 4.79 Å². The van der Waals surface area contributed by atoms with Crippen molar-refractivity contribution in [3.05, 3.63) is 65.9 Å². The van der Waals surface area contributed by atoms with E-state index in [4.69, 9.17) is 9.47 Å². The lowest BCUT2D eigenvalue weighted by Gasteiger charge is -2.07. The number of hydrogen-bond donors (Lipinski definition) is 1. The molecule has 0 spiro atoms. The summed E-state index contributed by atoms with van der Waals surface area (Å²) in [5.41, 5.74) is 3.17. The Labute approximate surface area is 128 Å². The predicted octanol–water partition coefficient (Wildman–Crippen LogP) is 3.46. The number of hydrogen-bond acceptors (Lipinski definition) is 3. The Bertz CT molecular complexity index is 749. The fourth-order valence-electron chi connectivity index (χ4n) is 2.40. The molecule has 4 nitrogen and oxygen atoms in total. The molecule has 0 aliphatic carbocycles. The van der Waals surface area contributed by atoms with Crippen LogP contribution < -0.4 is 4.74 Å². The van der Waals surface area contributed by atoms with Crippen LogP contribution in [0.4, 0.5) is 0 Å². The van der Waals surface area contributed by atoms with Crippen molar-refractivity contribution in [2.45, 2.75) is 13.0 Å². The molecule has 1 N–H and O–H groups in total. The van der Waals surface area contributed by atoms with Gasteiger partial charge >= 0.3 is 0 Å². The molecule has 0 fully saturated rings. The van der Waals surface area contributed by atoms with Crippen molar-refractivity contribution in [2.24, 2.45) is 0 Å². The second-order valence-electron chi connectivity index (χ2n) is 5.00. The molecule has 112 valence electrons. The fourth-order valence-corrected chi connectivity index (χ4v) is 2.40. The van der Waals surface area contributed by atoms with E-state index < -0.39 is 0 Å². The fraction of sp³-hybridized carbons (Fsp3) is 0.167. The largest absolute Gasteiger partial charge is 0.488 e. The summed E-state index contributed by atoms with van der Waals surface area (Å²) in [6.07, 6.45) is 0.658. The minimum absolute atomic E-state index is 0.372. The molecular formula is C18H17NO3. The van der Waals surface area contributed by atoms with Gasteiger partial charge in [-0.05, 0) is 23.8 Å².